The van der Waals surface area contributed by atoms with Gasteiger partial charge in [-0.2, -0.15) is 4.31 Å². The van der Waals surface area contributed by atoms with Gasteiger partial charge in [0, 0.05) is 39.0 Å². The molecule has 1 aliphatic rings. The van der Waals surface area contributed by atoms with Crippen molar-refractivity contribution >= 4 is 15.9 Å². The van der Waals surface area contributed by atoms with E-state index in [4.69, 9.17) is 4.74 Å². The van der Waals surface area contributed by atoms with Gasteiger partial charge >= 0.3 is 0 Å². The van der Waals surface area contributed by atoms with Crippen LogP contribution in [0, 0.1) is 11.7 Å². The van der Waals surface area contributed by atoms with Gasteiger partial charge in [-0.25, -0.2) is 12.8 Å². The van der Waals surface area contributed by atoms with Crippen molar-refractivity contribution in [2.24, 2.45) is 5.92 Å². The molecule has 12 heteroatoms. The van der Waals surface area contributed by atoms with Crippen LogP contribution in [0.3, 0.4) is 0 Å². The predicted molar refractivity (Wildman–Crippen MR) is 121 cm³/mol. The van der Waals surface area contributed by atoms with Crippen LogP contribution in [-0.4, -0.2) is 82.5 Å². The highest BCUT2D eigenvalue weighted by Crippen LogP contribution is 2.21. The first-order valence-corrected chi connectivity index (χ1v) is 12.7. The quantitative estimate of drug-likeness (QED) is 0.638. The molecule has 0 saturated carbocycles. The van der Waals surface area contributed by atoms with E-state index in [0.29, 0.717) is 18.7 Å². The van der Waals surface area contributed by atoms with E-state index >= 15 is 0 Å². The number of nitrogens with zero attached hydrogens (tertiary/aromatic N) is 5. The molecule has 3 rings (SSSR count). The maximum atomic E-state index is 13.6. The van der Waals surface area contributed by atoms with Gasteiger partial charge in [0.05, 0.1) is 36.5 Å². The van der Waals surface area contributed by atoms with Crippen molar-refractivity contribution in [2.75, 3.05) is 26.7 Å². The third-order valence-corrected chi connectivity index (χ3v) is 7.81. The number of aliphatic hydroxyl groups excluding tert-OH is 1. The van der Waals surface area contributed by atoms with E-state index in [1.54, 1.807) is 22.7 Å². The monoisotopic (exact) mass is 497 g/mol. The smallest absolute Gasteiger partial charge is 0.243 e. The van der Waals surface area contributed by atoms with Crippen LogP contribution in [0.4, 0.5) is 4.39 Å². The number of amides is 1. The number of rotatable bonds is 6. The van der Waals surface area contributed by atoms with E-state index < -0.39 is 28.0 Å². The van der Waals surface area contributed by atoms with E-state index in [0.717, 1.165) is 10.4 Å². The van der Waals surface area contributed by atoms with Gasteiger partial charge in [-0.1, -0.05) is 18.2 Å². The Bertz CT molecular complexity index is 1080. The largest absolute Gasteiger partial charge is 0.394 e. The maximum absolute atomic E-state index is 13.6. The molecule has 2 aromatic rings. The summed E-state index contributed by atoms with van der Waals surface area (Å²) in [5.74, 6) is -1.03. The molecule has 0 fully saturated rings. The lowest BCUT2D eigenvalue weighted by Crippen LogP contribution is -2.47. The Balaban J connectivity index is 1.86. The van der Waals surface area contributed by atoms with Crippen LogP contribution in [0.15, 0.2) is 35.4 Å². The number of carbonyl (C=O) groups is 1. The van der Waals surface area contributed by atoms with Crippen molar-refractivity contribution in [3.63, 3.8) is 0 Å². The molecular formula is C22H32FN5O5S. The standard InChI is InChI=1S/C22H32FN5O5S/c1-16-11-28(17(2)14-29)22(30)8-5-9-27-12-19(24-25-27)15-33-21(16)13-26(3)34(31,32)20-7-4-6-18(23)10-20/h4,6-7,10,12,16-17,21,29H,5,8-9,11,13-15H2,1-3H3/t16-,17+,21-/m0/s1. The highest BCUT2D eigenvalue weighted by molar-refractivity contribution is 7.89. The van der Waals surface area contributed by atoms with Crippen LogP contribution in [0.2, 0.25) is 0 Å². The summed E-state index contributed by atoms with van der Waals surface area (Å²) in [7, 11) is -2.56. The lowest BCUT2D eigenvalue weighted by Gasteiger charge is -2.35. The third-order valence-electron chi connectivity index (χ3n) is 5.99. The molecule has 1 aromatic carbocycles. The summed E-state index contributed by atoms with van der Waals surface area (Å²) >= 11 is 0. The third kappa shape index (κ3) is 6.38. The Hall–Kier alpha value is -2.41. The van der Waals surface area contributed by atoms with E-state index in [-0.39, 0.29) is 49.4 Å². The van der Waals surface area contributed by atoms with Gasteiger partial charge in [-0.3, -0.25) is 9.48 Å². The molecule has 0 aliphatic carbocycles. The fourth-order valence-electron chi connectivity index (χ4n) is 3.85. The molecular weight excluding hydrogens is 465 g/mol. The summed E-state index contributed by atoms with van der Waals surface area (Å²) in [5.41, 5.74) is 0.596. The van der Waals surface area contributed by atoms with Crippen molar-refractivity contribution in [1.29, 1.82) is 0 Å². The fraction of sp³-hybridized carbons (Fsp3) is 0.591. The number of sulfonamides is 1. The number of aromatic nitrogens is 3. The minimum atomic E-state index is -3.97. The zero-order valence-electron chi connectivity index (χ0n) is 19.7. The van der Waals surface area contributed by atoms with Gasteiger partial charge < -0.3 is 14.7 Å². The Labute approximate surface area is 199 Å². The normalized spacial score (nSPS) is 21.6. The zero-order valence-corrected chi connectivity index (χ0v) is 20.5. The second kappa shape index (κ2) is 11.3. The first-order chi connectivity index (χ1) is 16.1. The van der Waals surface area contributed by atoms with Crippen LogP contribution in [0.5, 0.6) is 0 Å². The molecule has 1 N–H and O–H groups in total. The van der Waals surface area contributed by atoms with Crippen molar-refractivity contribution in [3.8, 4) is 0 Å². The summed E-state index contributed by atoms with van der Waals surface area (Å²) in [5, 5.41) is 17.8. The van der Waals surface area contributed by atoms with Gasteiger partial charge in [0.15, 0.2) is 0 Å². The van der Waals surface area contributed by atoms with Crippen molar-refractivity contribution in [3.05, 3.63) is 42.0 Å². The minimum Gasteiger partial charge on any atom is -0.394 e. The Morgan fingerprint density at radius 3 is 2.85 bits per heavy atom. The molecule has 1 aromatic heterocycles. The average molecular weight is 498 g/mol. The number of aryl methyl sites for hydroxylation is 1. The lowest BCUT2D eigenvalue weighted by atomic mass is 10.0. The summed E-state index contributed by atoms with van der Waals surface area (Å²) < 4.78 is 48.6. The maximum Gasteiger partial charge on any atom is 0.243 e. The number of halogens is 1. The van der Waals surface area contributed by atoms with Crippen molar-refractivity contribution in [1.82, 2.24) is 24.2 Å². The highest BCUT2D eigenvalue weighted by Gasteiger charge is 2.31. The second-order valence-electron chi connectivity index (χ2n) is 8.72. The summed E-state index contributed by atoms with van der Waals surface area (Å²) in [4.78, 5) is 14.4. The van der Waals surface area contributed by atoms with Gasteiger partial charge in [0.25, 0.3) is 0 Å². The number of likely N-dealkylation sites (N-methyl/N-ethyl adjacent to an activating group) is 1. The van der Waals surface area contributed by atoms with E-state index in [1.165, 1.54) is 25.2 Å². The summed E-state index contributed by atoms with van der Waals surface area (Å²) in [6.07, 6.45) is 1.99. The number of hydrogen-bond donors (Lipinski definition) is 1. The minimum absolute atomic E-state index is 0.0241. The first kappa shape index (κ1) is 26.2. The number of hydrogen-bond acceptors (Lipinski definition) is 7. The van der Waals surface area contributed by atoms with Crippen LogP contribution < -0.4 is 0 Å². The molecule has 34 heavy (non-hydrogen) atoms. The number of aliphatic hydroxyl groups is 1. The van der Waals surface area contributed by atoms with E-state index in [1.807, 2.05) is 6.92 Å². The molecule has 2 bridgehead atoms. The first-order valence-electron chi connectivity index (χ1n) is 11.2. The molecule has 0 radical (unpaired) electrons. The fourth-order valence-corrected chi connectivity index (χ4v) is 5.07. The highest BCUT2D eigenvalue weighted by atomic mass is 32.2. The zero-order chi connectivity index (χ0) is 24.9. The van der Waals surface area contributed by atoms with Gasteiger partial charge in [0.2, 0.25) is 15.9 Å². The van der Waals surface area contributed by atoms with Crippen LogP contribution in [0.1, 0.15) is 32.4 Å². The van der Waals surface area contributed by atoms with Crippen LogP contribution in [-0.2, 0) is 32.7 Å². The Morgan fingerprint density at radius 2 is 2.15 bits per heavy atom. The number of ether oxygens (including phenoxy) is 1. The Morgan fingerprint density at radius 1 is 1.38 bits per heavy atom. The molecule has 0 unspecified atom stereocenters. The predicted octanol–water partition coefficient (Wildman–Crippen LogP) is 1.26. The molecule has 1 aliphatic heterocycles. The molecule has 1 amide bonds. The molecule has 10 nitrogen and oxygen atoms in total. The molecule has 0 spiro atoms. The molecule has 188 valence electrons. The van der Waals surface area contributed by atoms with Gasteiger partial charge in [-0.05, 0) is 31.5 Å². The second-order valence-corrected chi connectivity index (χ2v) is 10.8. The summed E-state index contributed by atoms with van der Waals surface area (Å²) in [6.45, 7) is 4.34. The van der Waals surface area contributed by atoms with Gasteiger partial charge in [0.1, 0.15) is 11.5 Å². The van der Waals surface area contributed by atoms with Crippen molar-refractivity contribution < 1.29 is 27.4 Å². The molecule has 0 saturated heterocycles. The van der Waals surface area contributed by atoms with Crippen LogP contribution >= 0.6 is 0 Å². The Kier molecular flexibility index (Phi) is 8.74. The molecule has 3 atom stereocenters. The summed E-state index contributed by atoms with van der Waals surface area (Å²) in [6, 6.07) is 4.44. The number of benzene rings is 1. The number of fused-ring (bicyclic) bond motifs is 2. The SMILES string of the molecule is C[C@H](CO)N1C[C@H](C)[C@H](CN(C)S(=O)(=O)c2cccc(F)c2)OCc2cn(nn2)CCCC1=O. The average Bonchev–Trinajstić information content (AvgIpc) is 3.26. The van der Waals surface area contributed by atoms with Crippen LogP contribution in [0.25, 0.3) is 0 Å². The van der Waals surface area contributed by atoms with Crippen molar-refractivity contribution in [2.45, 2.75) is 56.9 Å². The van der Waals surface area contributed by atoms with E-state index in [2.05, 4.69) is 10.3 Å². The topological polar surface area (TPSA) is 118 Å². The van der Waals surface area contributed by atoms with E-state index in [9.17, 15) is 22.7 Å². The lowest BCUT2D eigenvalue weighted by molar-refractivity contribution is -0.136. The molecule has 2 heterocycles. The van der Waals surface area contributed by atoms with Gasteiger partial charge in [-0.15, -0.1) is 5.10 Å². The number of carbonyl (C=O) groups excluding carboxylic acids is 1.